The molecule has 0 aromatic carbocycles. The fourth-order valence-corrected chi connectivity index (χ4v) is 3.80. The first-order valence-electron chi connectivity index (χ1n) is 6.99. The van der Waals surface area contributed by atoms with Gasteiger partial charge in [-0.2, -0.15) is 0 Å². The molecule has 0 spiro atoms. The Morgan fingerprint density at radius 3 is 2.68 bits per heavy atom. The van der Waals surface area contributed by atoms with Crippen molar-refractivity contribution in [3.63, 3.8) is 0 Å². The summed E-state index contributed by atoms with van der Waals surface area (Å²) in [5.41, 5.74) is 0. The van der Waals surface area contributed by atoms with Gasteiger partial charge in [-0.1, -0.05) is 25.3 Å². The Kier molecular flexibility index (Phi) is 5.38. The number of hydrogen-bond acceptors (Lipinski definition) is 5. The molecule has 0 radical (unpaired) electrons. The third kappa shape index (κ3) is 5.22. The third-order valence-electron chi connectivity index (χ3n) is 3.62. The molecule has 0 aromatic rings. The van der Waals surface area contributed by atoms with Gasteiger partial charge < -0.3 is 15.2 Å². The molecular formula is C13H23NO4S. The number of rotatable bonds is 6. The molecule has 6 heteroatoms. The standard InChI is InChI=1S/C13H23NO4S/c15-12(9-18-13-4-2-1-3-5-13)8-14-11-6-7-19(16,17)10-11/h6-7,11-15H,1-5,8-10H2. The largest absolute Gasteiger partial charge is 0.389 e. The molecule has 0 amide bonds. The zero-order chi connectivity index (χ0) is 13.7. The average Bonchev–Trinajstić information content (AvgIpc) is 2.75. The van der Waals surface area contributed by atoms with E-state index in [2.05, 4.69) is 5.32 Å². The predicted molar refractivity (Wildman–Crippen MR) is 73.5 cm³/mol. The van der Waals surface area contributed by atoms with E-state index >= 15 is 0 Å². The van der Waals surface area contributed by atoms with Crippen molar-refractivity contribution < 1.29 is 18.3 Å². The second-order valence-electron chi connectivity index (χ2n) is 5.42. The van der Waals surface area contributed by atoms with Gasteiger partial charge in [-0.25, -0.2) is 8.42 Å². The molecule has 0 saturated heterocycles. The van der Waals surface area contributed by atoms with Crippen LogP contribution in [0, 0.1) is 0 Å². The van der Waals surface area contributed by atoms with Crippen molar-refractivity contribution in [2.24, 2.45) is 0 Å². The Balaban J connectivity index is 1.59. The Morgan fingerprint density at radius 1 is 1.32 bits per heavy atom. The van der Waals surface area contributed by atoms with Gasteiger partial charge >= 0.3 is 0 Å². The highest BCUT2D eigenvalue weighted by molar-refractivity contribution is 7.94. The normalized spacial score (nSPS) is 28.6. The molecule has 110 valence electrons. The molecule has 1 saturated carbocycles. The van der Waals surface area contributed by atoms with E-state index < -0.39 is 15.9 Å². The molecule has 1 aliphatic carbocycles. The van der Waals surface area contributed by atoms with Crippen molar-refractivity contribution in [3.8, 4) is 0 Å². The molecule has 1 fully saturated rings. The Bertz CT molecular complexity index is 401. The second-order valence-corrected chi connectivity index (χ2v) is 7.35. The number of nitrogens with one attached hydrogen (secondary N) is 1. The van der Waals surface area contributed by atoms with E-state index in [9.17, 15) is 13.5 Å². The van der Waals surface area contributed by atoms with Crippen molar-refractivity contribution in [1.82, 2.24) is 5.32 Å². The van der Waals surface area contributed by atoms with Crippen LogP contribution in [0.4, 0.5) is 0 Å². The summed E-state index contributed by atoms with van der Waals surface area (Å²) in [5.74, 6) is 0.0865. The molecule has 2 atom stereocenters. The highest BCUT2D eigenvalue weighted by Crippen LogP contribution is 2.20. The topological polar surface area (TPSA) is 75.6 Å². The SMILES string of the molecule is O=S1(=O)C=CC(NCC(O)COC2CCCCC2)C1. The highest BCUT2D eigenvalue weighted by Gasteiger charge is 2.22. The Hall–Kier alpha value is -0.430. The van der Waals surface area contributed by atoms with Gasteiger partial charge in [0.05, 0.1) is 24.6 Å². The second kappa shape index (κ2) is 6.83. The zero-order valence-corrected chi connectivity index (χ0v) is 11.9. The van der Waals surface area contributed by atoms with Crippen LogP contribution in [-0.4, -0.2) is 50.7 Å². The summed E-state index contributed by atoms with van der Waals surface area (Å²) < 4.78 is 28.1. The van der Waals surface area contributed by atoms with Gasteiger partial charge in [0.2, 0.25) is 0 Å². The lowest BCUT2D eigenvalue weighted by atomic mass is 9.98. The minimum atomic E-state index is -3.03. The van der Waals surface area contributed by atoms with Gasteiger partial charge in [0.1, 0.15) is 0 Å². The number of aliphatic hydroxyl groups excluding tert-OH is 1. The maximum absolute atomic E-state index is 11.2. The molecule has 2 aliphatic rings. The van der Waals surface area contributed by atoms with E-state index in [0.29, 0.717) is 13.2 Å². The molecule has 5 nitrogen and oxygen atoms in total. The lowest BCUT2D eigenvalue weighted by Gasteiger charge is -2.23. The summed E-state index contributed by atoms with van der Waals surface area (Å²) in [6, 6.07) is -0.186. The van der Waals surface area contributed by atoms with Crippen LogP contribution >= 0.6 is 0 Å². The number of hydrogen-bond donors (Lipinski definition) is 2. The summed E-state index contributed by atoms with van der Waals surface area (Å²) >= 11 is 0. The van der Waals surface area contributed by atoms with Crippen LogP contribution in [0.1, 0.15) is 32.1 Å². The number of aliphatic hydroxyl groups is 1. The zero-order valence-electron chi connectivity index (χ0n) is 11.1. The molecule has 2 N–H and O–H groups in total. The molecular weight excluding hydrogens is 266 g/mol. The first-order valence-corrected chi connectivity index (χ1v) is 8.71. The van der Waals surface area contributed by atoms with Crippen LogP contribution in [0.3, 0.4) is 0 Å². The van der Waals surface area contributed by atoms with E-state index in [0.717, 1.165) is 12.8 Å². The van der Waals surface area contributed by atoms with Crippen molar-refractivity contribution in [2.75, 3.05) is 18.9 Å². The fraction of sp³-hybridized carbons (Fsp3) is 0.846. The quantitative estimate of drug-likeness (QED) is 0.749. The van der Waals surface area contributed by atoms with Gasteiger partial charge in [0.25, 0.3) is 0 Å². The van der Waals surface area contributed by atoms with Crippen molar-refractivity contribution in [3.05, 3.63) is 11.5 Å². The fourth-order valence-electron chi connectivity index (χ4n) is 2.53. The summed E-state index contributed by atoms with van der Waals surface area (Å²) in [6.45, 7) is 0.679. The first kappa shape index (κ1) is 15.0. The lowest BCUT2D eigenvalue weighted by molar-refractivity contribution is -0.0231. The minimum Gasteiger partial charge on any atom is -0.389 e. The van der Waals surface area contributed by atoms with Gasteiger partial charge in [-0.15, -0.1) is 0 Å². The molecule has 2 unspecified atom stereocenters. The predicted octanol–water partition coefficient (Wildman–Crippen LogP) is 0.597. The van der Waals surface area contributed by atoms with Crippen LogP contribution in [0.25, 0.3) is 0 Å². The van der Waals surface area contributed by atoms with Crippen LogP contribution in [0.15, 0.2) is 11.5 Å². The average molecular weight is 289 g/mol. The van der Waals surface area contributed by atoms with Crippen LogP contribution in [0.2, 0.25) is 0 Å². The first-order chi connectivity index (χ1) is 9.05. The summed E-state index contributed by atoms with van der Waals surface area (Å²) in [5, 5.41) is 14.1. The van der Waals surface area contributed by atoms with Crippen molar-refractivity contribution in [2.45, 2.75) is 50.4 Å². The Morgan fingerprint density at radius 2 is 2.05 bits per heavy atom. The van der Waals surface area contributed by atoms with Gasteiger partial charge in [-0.3, -0.25) is 0 Å². The smallest absolute Gasteiger partial charge is 0.173 e. The maximum Gasteiger partial charge on any atom is 0.173 e. The van der Waals surface area contributed by atoms with Gasteiger partial charge in [0, 0.05) is 18.0 Å². The highest BCUT2D eigenvalue weighted by atomic mass is 32.2. The van der Waals surface area contributed by atoms with E-state index in [-0.39, 0.29) is 17.9 Å². The molecule has 1 aliphatic heterocycles. The summed E-state index contributed by atoms with van der Waals surface area (Å²) in [4.78, 5) is 0. The minimum absolute atomic E-state index is 0.0865. The van der Waals surface area contributed by atoms with Crippen LogP contribution in [-0.2, 0) is 14.6 Å². The lowest BCUT2D eigenvalue weighted by Crippen LogP contribution is -2.38. The molecule has 0 aromatic heterocycles. The monoisotopic (exact) mass is 289 g/mol. The summed E-state index contributed by atoms with van der Waals surface area (Å²) in [7, 11) is -3.03. The van der Waals surface area contributed by atoms with E-state index in [1.54, 1.807) is 6.08 Å². The van der Waals surface area contributed by atoms with Crippen molar-refractivity contribution in [1.29, 1.82) is 0 Å². The molecule has 0 bridgehead atoms. The van der Waals surface area contributed by atoms with Crippen LogP contribution < -0.4 is 5.32 Å². The Labute approximate surface area is 115 Å². The molecule has 19 heavy (non-hydrogen) atoms. The van der Waals surface area contributed by atoms with E-state index in [4.69, 9.17) is 4.74 Å². The molecule has 2 rings (SSSR count). The number of sulfone groups is 1. The molecule has 1 heterocycles. The van der Waals surface area contributed by atoms with Gasteiger partial charge in [-0.05, 0) is 12.8 Å². The maximum atomic E-state index is 11.2. The van der Waals surface area contributed by atoms with Crippen LogP contribution in [0.5, 0.6) is 0 Å². The van der Waals surface area contributed by atoms with Gasteiger partial charge in [0.15, 0.2) is 9.84 Å². The van der Waals surface area contributed by atoms with Crippen molar-refractivity contribution >= 4 is 9.84 Å². The van der Waals surface area contributed by atoms with E-state index in [1.807, 2.05) is 0 Å². The van der Waals surface area contributed by atoms with E-state index in [1.165, 1.54) is 24.7 Å². The summed E-state index contributed by atoms with van der Waals surface area (Å²) in [6.07, 6.45) is 7.21. The third-order valence-corrected chi connectivity index (χ3v) is 5.02. The number of ether oxygens (including phenoxy) is 1.